The van der Waals surface area contributed by atoms with Crippen molar-refractivity contribution in [3.63, 3.8) is 0 Å². The van der Waals surface area contributed by atoms with Crippen LogP contribution >= 0.6 is 0 Å². The van der Waals surface area contributed by atoms with Crippen LogP contribution in [0.5, 0.6) is 0 Å². The summed E-state index contributed by atoms with van der Waals surface area (Å²) < 4.78 is 0. The lowest BCUT2D eigenvalue weighted by atomic mass is 10.1. The summed E-state index contributed by atoms with van der Waals surface area (Å²) in [7, 11) is 0. The summed E-state index contributed by atoms with van der Waals surface area (Å²) in [6.45, 7) is 4.96. The summed E-state index contributed by atoms with van der Waals surface area (Å²) in [5, 5.41) is 0. The Morgan fingerprint density at radius 3 is 1.71 bits per heavy atom. The van der Waals surface area contributed by atoms with E-state index in [9.17, 15) is 0 Å². The molecule has 2 nitrogen and oxygen atoms in total. The van der Waals surface area contributed by atoms with Gasteiger partial charge in [-0.05, 0) is 30.5 Å². The Morgan fingerprint density at radius 2 is 1.33 bits per heavy atom. The molecule has 0 spiro atoms. The lowest BCUT2D eigenvalue weighted by Gasteiger charge is -2.31. The first-order chi connectivity index (χ1) is 10.3. The first-order valence-electron chi connectivity index (χ1n) is 7.85. The third-order valence-electron chi connectivity index (χ3n) is 3.94. The van der Waals surface area contributed by atoms with Crippen molar-refractivity contribution in [3.05, 3.63) is 71.8 Å². The van der Waals surface area contributed by atoms with Gasteiger partial charge < -0.3 is 5.73 Å². The van der Waals surface area contributed by atoms with Crippen molar-refractivity contribution in [1.82, 2.24) is 4.90 Å². The van der Waals surface area contributed by atoms with E-state index in [2.05, 4.69) is 72.5 Å². The van der Waals surface area contributed by atoms with Gasteiger partial charge in [-0.25, -0.2) is 0 Å². The van der Waals surface area contributed by atoms with Crippen molar-refractivity contribution in [2.75, 3.05) is 6.54 Å². The summed E-state index contributed by atoms with van der Waals surface area (Å²) in [5.41, 5.74) is 8.53. The van der Waals surface area contributed by atoms with E-state index < -0.39 is 0 Å². The van der Waals surface area contributed by atoms with Gasteiger partial charge in [0.25, 0.3) is 0 Å². The molecule has 0 fully saturated rings. The normalized spacial score (nSPS) is 12.5. The van der Waals surface area contributed by atoms with Crippen LogP contribution in [0.1, 0.15) is 30.9 Å². The molecule has 2 heteroatoms. The van der Waals surface area contributed by atoms with E-state index in [4.69, 9.17) is 5.73 Å². The summed E-state index contributed by atoms with van der Waals surface area (Å²) >= 11 is 0. The topological polar surface area (TPSA) is 29.3 Å². The zero-order chi connectivity index (χ0) is 14.9. The zero-order valence-electron chi connectivity index (χ0n) is 12.9. The maximum atomic E-state index is 5.80. The largest absolute Gasteiger partial charge is 0.330 e. The average Bonchev–Trinajstić information content (AvgIpc) is 2.54. The van der Waals surface area contributed by atoms with E-state index in [1.165, 1.54) is 11.1 Å². The standard InChI is InChI=1S/C19H26N2/c1-2-19(13-14-20)21(15-17-9-5-3-6-10-17)16-18-11-7-4-8-12-18/h3-12,19H,2,13-16,20H2,1H3. The van der Waals surface area contributed by atoms with Crippen LogP contribution in [0.25, 0.3) is 0 Å². The highest BCUT2D eigenvalue weighted by atomic mass is 15.1. The van der Waals surface area contributed by atoms with Crippen LogP contribution in [0, 0.1) is 0 Å². The molecule has 0 aliphatic carbocycles. The van der Waals surface area contributed by atoms with Gasteiger partial charge in [-0.15, -0.1) is 0 Å². The Labute approximate surface area is 128 Å². The van der Waals surface area contributed by atoms with Crippen LogP contribution in [0.4, 0.5) is 0 Å². The third-order valence-corrected chi connectivity index (χ3v) is 3.94. The molecule has 2 rings (SSSR count). The molecule has 1 atom stereocenters. The fourth-order valence-electron chi connectivity index (χ4n) is 2.79. The fourth-order valence-corrected chi connectivity index (χ4v) is 2.79. The molecule has 0 aliphatic heterocycles. The predicted molar refractivity (Wildman–Crippen MR) is 89.9 cm³/mol. The van der Waals surface area contributed by atoms with Gasteiger partial charge in [0.2, 0.25) is 0 Å². The Bertz CT molecular complexity index is 454. The molecule has 0 bridgehead atoms. The molecular weight excluding hydrogens is 256 g/mol. The Morgan fingerprint density at radius 1 is 0.857 bits per heavy atom. The minimum absolute atomic E-state index is 0.537. The highest BCUT2D eigenvalue weighted by Crippen LogP contribution is 2.17. The molecule has 112 valence electrons. The molecular formula is C19H26N2. The second-order valence-electron chi connectivity index (χ2n) is 5.52. The predicted octanol–water partition coefficient (Wildman–Crippen LogP) is 3.82. The summed E-state index contributed by atoms with van der Waals surface area (Å²) in [4.78, 5) is 2.55. The molecule has 0 aromatic heterocycles. The van der Waals surface area contributed by atoms with E-state index in [0.29, 0.717) is 6.04 Å². The van der Waals surface area contributed by atoms with E-state index in [-0.39, 0.29) is 0 Å². The van der Waals surface area contributed by atoms with E-state index in [1.54, 1.807) is 0 Å². The highest BCUT2D eigenvalue weighted by molar-refractivity contribution is 5.17. The van der Waals surface area contributed by atoms with E-state index in [0.717, 1.165) is 32.5 Å². The van der Waals surface area contributed by atoms with Crippen molar-refractivity contribution in [3.8, 4) is 0 Å². The van der Waals surface area contributed by atoms with Crippen LogP contribution in [0.3, 0.4) is 0 Å². The van der Waals surface area contributed by atoms with Gasteiger partial charge in [0.1, 0.15) is 0 Å². The van der Waals surface area contributed by atoms with Crippen LogP contribution < -0.4 is 5.73 Å². The van der Waals surface area contributed by atoms with Gasteiger partial charge in [0.15, 0.2) is 0 Å². The van der Waals surface area contributed by atoms with Crippen molar-refractivity contribution in [2.24, 2.45) is 5.73 Å². The molecule has 1 unspecified atom stereocenters. The molecule has 2 N–H and O–H groups in total. The lowest BCUT2D eigenvalue weighted by molar-refractivity contribution is 0.165. The smallest absolute Gasteiger partial charge is 0.0240 e. The van der Waals surface area contributed by atoms with Crippen molar-refractivity contribution in [2.45, 2.75) is 38.9 Å². The molecule has 0 heterocycles. The first kappa shape index (κ1) is 15.7. The maximum absolute atomic E-state index is 5.80. The molecule has 0 saturated heterocycles. The maximum Gasteiger partial charge on any atom is 0.0240 e. The monoisotopic (exact) mass is 282 g/mol. The minimum Gasteiger partial charge on any atom is -0.330 e. The van der Waals surface area contributed by atoms with Crippen molar-refractivity contribution >= 4 is 0 Å². The second kappa shape index (κ2) is 8.60. The quantitative estimate of drug-likeness (QED) is 0.797. The molecule has 0 saturated carbocycles. The molecule has 0 radical (unpaired) electrons. The zero-order valence-corrected chi connectivity index (χ0v) is 12.9. The Kier molecular flexibility index (Phi) is 6.45. The summed E-state index contributed by atoms with van der Waals surface area (Å²) in [6, 6.07) is 21.9. The lowest BCUT2D eigenvalue weighted by Crippen LogP contribution is -2.35. The number of benzene rings is 2. The van der Waals surface area contributed by atoms with Crippen LogP contribution in [0.15, 0.2) is 60.7 Å². The Hall–Kier alpha value is -1.64. The number of rotatable bonds is 8. The molecule has 2 aromatic rings. The van der Waals surface area contributed by atoms with E-state index in [1.807, 2.05) is 0 Å². The third kappa shape index (κ3) is 5.00. The number of nitrogens with two attached hydrogens (primary N) is 1. The highest BCUT2D eigenvalue weighted by Gasteiger charge is 2.16. The summed E-state index contributed by atoms with van der Waals surface area (Å²) in [6.07, 6.45) is 2.19. The van der Waals surface area contributed by atoms with Crippen LogP contribution in [0.2, 0.25) is 0 Å². The van der Waals surface area contributed by atoms with Crippen molar-refractivity contribution in [1.29, 1.82) is 0 Å². The average molecular weight is 282 g/mol. The Balaban J connectivity index is 2.13. The first-order valence-corrected chi connectivity index (χ1v) is 7.85. The minimum atomic E-state index is 0.537. The van der Waals surface area contributed by atoms with Gasteiger partial charge in [0.05, 0.1) is 0 Å². The van der Waals surface area contributed by atoms with Gasteiger partial charge in [-0.2, -0.15) is 0 Å². The molecule has 2 aromatic carbocycles. The number of nitrogens with zero attached hydrogens (tertiary/aromatic N) is 1. The van der Waals surface area contributed by atoms with Gasteiger partial charge in [-0.3, -0.25) is 4.90 Å². The number of hydrogen-bond donors (Lipinski definition) is 1. The van der Waals surface area contributed by atoms with Gasteiger partial charge in [-0.1, -0.05) is 67.6 Å². The summed E-state index contributed by atoms with van der Waals surface area (Å²) in [5.74, 6) is 0. The van der Waals surface area contributed by atoms with Gasteiger partial charge in [0, 0.05) is 19.1 Å². The van der Waals surface area contributed by atoms with Gasteiger partial charge >= 0.3 is 0 Å². The van der Waals surface area contributed by atoms with Crippen molar-refractivity contribution < 1.29 is 0 Å². The van der Waals surface area contributed by atoms with E-state index >= 15 is 0 Å². The molecule has 21 heavy (non-hydrogen) atoms. The van der Waals surface area contributed by atoms with Crippen LogP contribution in [-0.4, -0.2) is 17.5 Å². The SMILES string of the molecule is CCC(CCN)N(Cc1ccccc1)Cc1ccccc1. The molecule has 0 aliphatic rings. The number of hydrogen-bond acceptors (Lipinski definition) is 2. The van der Waals surface area contributed by atoms with Crippen LogP contribution in [-0.2, 0) is 13.1 Å². The second-order valence-corrected chi connectivity index (χ2v) is 5.52. The molecule has 0 amide bonds. The fraction of sp³-hybridized carbons (Fsp3) is 0.368.